The van der Waals surface area contributed by atoms with Crippen molar-refractivity contribution >= 4 is 5.91 Å². The van der Waals surface area contributed by atoms with Gasteiger partial charge >= 0.3 is 0 Å². The van der Waals surface area contributed by atoms with Gasteiger partial charge in [-0.3, -0.25) is 4.79 Å². The molecular formula is C22H31N3O2. The number of benzene rings is 1. The van der Waals surface area contributed by atoms with Crippen LogP contribution in [0.15, 0.2) is 24.3 Å². The molecule has 1 fully saturated rings. The van der Waals surface area contributed by atoms with E-state index in [2.05, 4.69) is 16.4 Å². The molecule has 1 aliphatic rings. The number of piperidine rings is 1. The Morgan fingerprint density at radius 2 is 1.78 bits per heavy atom. The number of hydrogen-bond acceptors (Lipinski definition) is 3. The molecule has 2 N–H and O–H groups in total. The fourth-order valence-electron chi connectivity index (χ4n) is 4.26. The molecule has 1 aromatic heterocycles. The first-order valence-electron chi connectivity index (χ1n) is 9.95. The van der Waals surface area contributed by atoms with Gasteiger partial charge in [-0.25, -0.2) is 0 Å². The lowest BCUT2D eigenvalue weighted by Gasteiger charge is -2.27. The third-order valence-corrected chi connectivity index (χ3v) is 5.68. The van der Waals surface area contributed by atoms with Crippen LogP contribution in [-0.4, -0.2) is 42.1 Å². The molecule has 0 radical (unpaired) electrons. The fourth-order valence-corrected chi connectivity index (χ4v) is 4.26. The van der Waals surface area contributed by atoms with E-state index in [0.29, 0.717) is 5.56 Å². The standard InChI is InChI=1S/C22H31N3O2/c1-4-19-21(17-8-10-18(27-3)11-9-17)20(22(23)26)16(2)25(19)15-14-24-12-6-5-7-13-24/h8-11H,4-7,12-15H2,1-3H3,(H2,23,26). The van der Waals surface area contributed by atoms with E-state index >= 15 is 0 Å². The van der Waals surface area contributed by atoms with E-state index in [0.717, 1.165) is 42.1 Å². The highest BCUT2D eigenvalue weighted by Crippen LogP contribution is 2.34. The van der Waals surface area contributed by atoms with Crippen molar-refractivity contribution in [3.8, 4) is 16.9 Å². The fraction of sp³-hybridized carbons (Fsp3) is 0.500. The molecule has 1 aromatic carbocycles. The first kappa shape index (κ1) is 19.5. The molecule has 0 aliphatic carbocycles. The van der Waals surface area contributed by atoms with Crippen LogP contribution in [0.1, 0.15) is 47.9 Å². The van der Waals surface area contributed by atoms with Crippen molar-refractivity contribution in [1.82, 2.24) is 9.47 Å². The number of primary amides is 1. The Balaban J connectivity index is 1.99. The lowest BCUT2D eigenvalue weighted by molar-refractivity contribution is 0.1000. The molecule has 5 heteroatoms. The molecule has 1 aliphatic heterocycles. The zero-order valence-corrected chi connectivity index (χ0v) is 16.8. The number of hydrogen-bond donors (Lipinski definition) is 1. The lowest BCUT2D eigenvalue weighted by Crippen LogP contribution is -2.33. The number of carbonyl (C=O) groups is 1. The molecule has 1 saturated heterocycles. The molecule has 0 bridgehead atoms. The molecule has 0 saturated carbocycles. The van der Waals surface area contributed by atoms with E-state index in [4.69, 9.17) is 10.5 Å². The SMILES string of the molecule is CCc1c(-c2ccc(OC)cc2)c(C(N)=O)c(C)n1CCN1CCCCC1. The van der Waals surface area contributed by atoms with E-state index in [9.17, 15) is 4.79 Å². The quantitative estimate of drug-likeness (QED) is 0.811. The minimum Gasteiger partial charge on any atom is -0.497 e. The summed E-state index contributed by atoms with van der Waals surface area (Å²) < 4.78 is 7.57. The number of rotatable bonds is 7. The van der Waals surface area contributed by atoms with Gasteiger partial charge in [-0.15, -0.1) is 0 Å². The second-order valence-electron chi connectivity index (χ2n) is 7.28. The maximum atomic E-state index is 12.3. The third-order valence-electron chi connectivity index (χ3n) is 5.68. The normalized spacial score (nSPS) is 15.1. The maximum absolute atomic E-state index is 12.3. The van der Waals surface area contributed by atoms with Gasteiger partial charge in [-0.2, -0.15) is 0 Å². The van der Waals surface area contributed by atoms with Crippen molar-refractivity contribution in [3.05, 3.63) is 41.2 Å². The van der Waals surface area contributed by atoms with Gasteiger partial charge in [-0.05, 0) is 57.0 Å². The van der Waals surface area contributed by atoms with Crippen LogP contribution >= 0.6 is 0 Å². The van der Waals surface area contributed by atoms with Crippen molar-refractivity contribution < 1.29 is 9.53 Å². The van der Waals surface area contributed by atoms with Crippen molar-refractivity contribution in [2.45, 2.75) is 46.1 Å². The third kappa shape index (κ3) is 4.03. The summed E-state index contributed by atoms with van der Waals surface area (Å²) in [6, 6.07) is 7.88. The number of nitrogens with two attached hydrogens (primary N) is 1. The van der Waals surface area contributed by atoms with Crippen LogP contribution in [0.2, 0.25) is 0 Å². The van der Waals surface area contributed by atoms with Crippen LogP contribution < -0.4 is 10.5 Å². The Morgan fingerprint density at radius 1 is 1.11 bits per heavy atom. The Morgan fingerprint density at radius 3 is 2.33 bits per heavy atom. The van der Waals surface area contributed by atoms with Crippen LogP contribution in [0.25, 0.3) is 11.1 Å². The summed E-state index contributed by atoms with van der Waals surface area (Å²) in [6.45, 7) is 8.42. The zero-order valence-electron chi connectivity index (χ0n) is 16.8. The number of nitrogens with zero attached hydrogens (tertiary/aromatic N) is 2. The highest BCUT2D eigenvalue weighted by Gasteiger charge is 2.24. The largest absolute Gasteiger partial charge is 0.497 e. The molecule has 2 aromatic rings. The number of aromatic nitrogens is 1. The van der Waals surface area contributed by atoms with Crippen LogP contribution in [0.3, 0.4) is 0 Å². The number of likely N-dealkylation sites (tertiary alicyclic amines) is 1. The monoisotopic (exact) mass is 369 g/mol. The molecule has 0 unspecified atom stereocenters. The van der Waals surface area contributed by atoms with E-state index in [1.165, 1.54) is 38.0 Å². The predicted molar refractivity (Wildman–Crippen MR) is 109 cm³/mol. The Kier molecular flexibility index (Phi) is 6.22. The molecule has 146 valence electrons. The Labute approximate surface area is 162 Å². The summed E-state index contributed by atoms with van der Waals surface area (Å²) in [6.07, 6.45) is 4.77. The van der Waals surface area contributed by atoms with Gasteiger partial charge in [0.25, 0.3) is 5.91 Å². The summed E-state index contributed by atoms with van der Waals surface area (Å²) in [4.78, 5) is 14.8. The number of carbonyl (C=O) groups excluding carboxylic acids is 1. The molecule has 1 amide bonds. The summed E-state index contributed by atoms with van der Waals surface area (Å²) >= 11 is 0. The highest BCUT2D eigenvalue weighted by atomic mass is 16.5. The molecule has 2 heterocycles. The number of ether oxygens (including phenoxy) is 1. The summed E-state index contributed by atoms with van der Waals surface area (Å²) in [5.41, 5.74) is 10.6. The first-order chi connectivity index (χ1) is 13.1. The van der Waals surface area contributed by atoms with E-state index in [1.54, 1.807) is 7.11 Å². The van der Waals surface area contributed by atoms with Crippen LogP contribution in [-0.2, 0) is 13.0 Å². The second-order valence-corrected chi connectivity index (χ2v) is 7.28. The van der Waals surface area contributed by atoms with E-state index < -0.39 is 0 Å². The van der Waals surface area contributed by atoms with E-state index in [1.807, 2.05) is 31.2 Å². The molecular weight excluding hydrogens is 338 g/mol. The minimum absolute atomic E-state index is 0.357. The van der Waals surface area contributed by atoms with Crippen molar-refractivity contribution in [3.63, 3.8) is 0 Å². The van der Waals surface area contributed by atoms with Crippen molar-refractivity contribution in [2.24, 2.45) is 5.73 Å². The molecule has 5 nitrogen and oxygen atoms in total. The zero-order chi connectivity index (χ0) is 19.4. The Bertz CT molecular complexity index is 787. The van der Waals surface area contributed by atoms with Crippen LogP contribution in [0, 0.1) is 6.92 Å². The van der Waals surface area contributed by atoms with Gasteiger partial charge in [0.05, 0.1) is 12.7 Å². The average Bonchev–Trinajstić information content (AvgIpc) is 2.98. The average molecular weight is 370 g/mol. The topological polar surface area (TPSA) is 60.5 Å². The molecule has 27 heavy (non-hydrogen) atoms. The van der Waals surface area contributed by atoms with Crippen LogP contribution in [0.4, 0.5) is 0 Å². The minimum atomic E-state index is -0.357. The summed E-state index contributed by atoms with van der Waals surface area (Å²) in [5, 5.41) is 0. The van der Waals surface area contributed by atoms with Gasteiger partial charge in [-0.1, -0.05) is 25.5 Å². The van der Waals surface area contributed by atoms with E-state index in [-0.39, 0.29) is 5.91 Å². The van der Waals surface area contributed by atoms with Gasteiger partial charge < -0.3 is 19.9 Å². The first-order valence-corrected chi connectivity index (χ1v) is 9.95. The van der Waals surface area contributed by atoms with Gasteiger partial charge in [0.2, 0.25) is 0 Å². The lowest BCUT2D eigenvalue weighted by atomic mass is 9.98. The second kappa shape index (κ2) is 8.61. The number of methoxy groups -OCH3 is 1. The summed E-state index contributed by atoms with van der Waals surface area (Å²) in [5.74, 6) is 0.448. The Hall–Kier alpha value is -2.27. The predicted octanol–water partition coefficient (Wildman–Crippen LogP) is 3.62. The van der Waals surface area contributed by atoms with Crippen molar-refractivity contribution in [2.75, 3.05) is 26.7 Å². The van der Waals surface area contributed by atoms with Gasteiger partial charge in [0.1, 0.15) is 5.75 Å². The van der Waals surface area contributed by atoms with Crippen LogP contribution in [0.5, 0.6) is 5.75 Å². The smallest absolute Gasteiger partial charge is 0.251 e. The highest BCUT2D eigenvalue weighted by molar-refractivity contribution is 6.02. The van der Waals surface area contributed by atoms with Crippen molar-refractivity contribution in [1.29, 1.82) is 0 Å². The molecule has 0 atom stereocenters. The van der Waals surface area contributed by atoms with Gasteiger partial charge in [0.15, 0.2) is 0 Å². The maximum Gasteiger partial charge on any atom is 0.251 e. The summed E-state index contributed by atoms with van der Waals surface area (Å²) in [7, 11) is 1.66. The van der Waals surface area contributed by atoms with Gasteiger partial charge in [0, 0.05) is 30.0 Å². The number of amides is 1. The molecule has 3 rings (SSSR count). The molecule has 0 spiro atoms.